The molecule has 106 valence electrons. The molecule has 1 aromatic heterocycles. The Kier molecular flexibility index (Phi) is 4.32. The van der Waals surface area contributed by atoms with Crippen molar-refractivity contribution in [2.24, 2.45) is 10.2 Å². The molecule has 0 aliphatic carbocycles. The number of hydrogen-bond acceptors (Lipinski definition) is 6. The molecule has 0 saturated carbocycles. The van der Waals surface area contributed by atoms with Crippen LogP contribution in [0.3, 0.4) is 0 Å². The maximum absolute atomic E-state index is 4.02. The molecule has 0 radical (unpaired) electrons. The summed E-state index contributed by atoms with van der Waals surface area (Å²) in [5, 5.41) is 23.7. The average molecular weight is 288 g/mol. The largest absolute Gasteiger partial charge is 0.216 e. The van der Waals surface area contributed by atoms with E-state index in [0.717, 1.165) is 11.1 Å². The minimum atomic E-state index is 0.310. The summed E-state index contributed by atoms with van der Waals surface area (Å²) in [7, 11) is 0. The van der Waals surface area contributed by atoms with Gasteiger partial charge in [0.25, 0.3) is 0 Å². The van der Waals surface area contributed by atoms with Gasteiger partial charge in [-0.05, 0) is 5.56 Å². The highest BCUT2D eigenvalue weighted by molar-refractivity contribution is 5.80. The molecule has 0 spiro atoms. The Morgan fingerprint density at radius 2 is 1.23 bits per heavy atom. The normalized spacial score (nSPS) is 11.3. The summed E-state index contributed by atoms with van der Waals surface area (Å²) in [4.78, 5) is 0. The number of aromatic nitrogens is 4. The highest BCUT2D eigenvalue weighted by Crippen LogP contribution is 2.10. The lowest BCUT2D eigenvalue weighted by atomic mass is 10.2. The summed E-state index contributed by atoms with van der Waals surface area (Å²) in [5.74, 6) is 0.787. The molecule has 3 rings (SSSR count). The van der Waals surface area contributed by atoms with Gasteiger partial charge in [-0.25, -0.2) is 0 Å². The molecule has 0 aliphatic rings. The van der Waals surface area contributed by atoms with Crippen molar-refractivity contribution in [3.63, 3.8) is 0 Å². The standard InChI is InChI=1S/C16H12N6/c1-3-7-13(8-4-1)11-17-18-12-15-19-21-16(22-20-15)14-9-5-2-6-10-14/h1-12H/b17-11+,18-12+. The van der Waals surface area contributed by atoms with E-state index in [1.165, 1.54) is 6.21 Å². The minimum Gasteiger partial charge on any atom is -0.158 e. The second-order valence-electron chi connectivity index (χ2n) is 4.35. The predicted octanol–water partition coefficient (Wildman–Crippen LogP) is 2.39. The lowest BCUT2D eigenvalue weighted by Crippen LogP contribution is -2.01. The van der Waals surface area contributed by atoms with Gasteiger partial charge in [-0.15, -0.1) is 20.4 Å². The smallest absolute Gasteiger partial charge is 0.158 e. The molecule has 0 aliphatic heterocycles. The van der Waals surface area contributed by atoms with Crippen molar-refractivity contribution in [2.75, 3.05) is 0 Å². The molecule has 6 nitrogen and oxygen atoms in total. The van der Waals surface area contributed by atoms with E-state index in [4.69, 9.17) is 0 Å². The fraction of sp³-hybridized carbons (Fsp3) is 0. The van der Waals surface area contributed by atoms with Gasteiger partial charge in [0.15, 0.2) is 0 Å². The third-order valence-corrected chi connectivity index (χ3v) is 2.77. The van der Waals surface area contributed by atoms with Crippen LogP contribution in [0.5, 0.6) is 0 Å². The van der Waals surface area contributed by atoms with E-state index in [9.17, 15) is 0 Å². The summed E-state index contributed by atoms with van der Waals surface area (Å²) in [6, 6.07) is 19.2. The molecule has 22 heavy (non-hydrogen) atoms. The molecule has 2 aromatic carbocycles. The van der Waals surface area contributed by atoms with Crippen LogP contribution in [-0.4, -0.2) is 32.8 Å². The Labute approximate surface area is 127 Å². The lowest BCUT2D eigenvalue weighted by molar-refractivity contribution is 0.853. The molecule has 3 aromatic rings. The van der Waals surface area contributed by atoms with E-state index in [1.807, 2.05) is 60.7 Å². The Hall–Kier alpha value is -3.28. The van der Waals surface area contributed by atoms with Crippen LogP contribution in [0.4, 0.5) is 0 Å². The number of benzene rings is 2. The van der Waals surface area contributed by atoms with Gasteiger partial charge in [0.1, 0.15) is 0 Å². The van der Waals surface area contributed by atoms with Crippen molar-refractivity contribution in [1.82, 2.24) is 20.4 Å². The van der Waals surface area contributed by atoms with Crippen LogP contribution < -0.4 is 0 Å². The van der Waals surface area contributed by atoms with Crippen molar-refractivity contribution in [1.29, 1.82) is 0 Å². The van der Waals surface area contributed by atoms with Crippen LogP contribution in [-0.2, 0) is 0 Å². The van der Waals surface area contributed by atoms with Gasteiger partial charge in [0.05, 0.1) is 12.4 Å². The second kappa shape index (κ2) is 6.94. The highest BCUT2D eigenvalue weighted by atomic mass is 15.3. The number of hydrogen-bond donors (Lipinski definition) is 0. The van der Waals surface area contributed by atoms with Crippen LogP contribution in [0, 0.1) is 0 Å². The molecular weight excluding hydrogens is 276 g/mol. The molecule has 0 atom stereocenters. The summed E-state index contributed by atoms with van der Waals surface area (Å²) >= 11 is 0. The molecular formula is C16H12N6. The highest BCUT2D eigenvalue weighted by Gasteiger charge is 2.01. The number of rotatable bonds is 4. The van der Waals surface area contributed by atoms with Crippen LogP contribution in [0.2, 0.25) is 0 Å². The van der Waals surface area contributed by atoms with Gasteiger partial charge in [0.2, 0.25) is 11.6 Å². The summed E-state index contributed by atoms with van der Waals surface area (Å²) in [6.45, 7) is 0. The van der Waals surface area contributed by atoms with E-state index in [2.05, 4.69) is 30.6 Å². The van der Waals surface area contributed by atoms with Crippen molar-refractivity contribution >= 4 is 12.4 Å². The lowest BCUT2D eigenvalue weighted by Gasteiger charge is -1.96. The fourth-order valence-electron chi connectivity index (χ4n) is 1.72. The third-order valence-electron chi connectivity index (χ3n) is 2.77. The zero-order chi connectivity index (χ0) is 15.0. The fourth-order valence-corrected chi connectivity index (χ4v) is 1.72. The maximum Gasteiger partial charge on any atom is 0.216 e. The zero-order valence-electron chi connectivity index (χ0n) is 11.6. The molecule has 0 saturated heterocycles. The molecule has 0 fully saturated rings. The molecule has 6 heteroatoms. The van der Waals surface area contributed by atoms with Crippen LogP contribution >= 0.6 is 0 Å². The monoisotopic (exact) mass is 288 g/mol. The first-order chi connectivity index (χ1) is 10.9. The second-order valence-corrected chi connectivity index (χ2v) is 4.35. The molecule has 0 unspecified atom stereocenters. The van der Waals surface area contributed by atoms with Crippen LogP contribution in [0.15, 0.2) is 70.9 Å². The molecule has 0 N–H and O–H groups in total. The Morgan fingerprint density at radius 3 is 1.91 bits per heavy atom. The Morgan fingerprint density at radius 1 is 0.636 bits per heavy atom. The van der Waals surface area contributed by atoms with E-state index in [1.54, 1.807) is 6.21 Å². The van der Waals surface area contributed by atoms with Gasteiger partial charge < -0.3 is 0 Å². The SMILES string of the molecule is C(=N\N=C\c1nnc(-c2ccccc2)nn1)/c1ccccc1. The number of nitrogens with zero attached hydrogens (tertiary/aromatic N) is 6. The van der Waals surface area contributed by atoms with Gasteiger partial charge in [-0.3, -0.25) is 0 Å². The Bertz CT molecular complexity index is 767. The topological polar surface area (TPSA) is 76.3 Å². The van der Waals surface area contributed by atoms with Gasteiger partial charge >= 0.3 is 0 Å². The first-order valence-corrected chi connectivity index (χ1v) is 6.66. The van der Waals surface area contributed by atoms with E-state index >= 15 is 0 Å². The zero-order valence-corrected chi connectivity index (χ0v) is 11.6. The van der Waals surface area contributed by atoms with E-state index in [-0.39, 0.29) is 0 Å². The van der Waals surface area contributed by atoms with Gasteiger partial charge in [-0.2, -0.15) is 10.2 Å². The quantitative estimate of drug-likeness (QED) is 0.545. The predicted molar refractivity (Wildman–Crippen MR) is 84.7 cm³/mol. The van der Waals surface area contributed by atoms with Crippen molar-refractivity contribution in [3.05, 3.63) is 72.1 Å². The van der Waals surface area contributed by atoms with Crippen molar-refractivity contribution in [2.45, 2.75) is 0 Å². The molecule has 0 bridgehead atoms. The minimum absolute atomic E-state index is 0.310. The average Bonchev–Trinajstić information content (AvgIpc) is 2.61. The third kappa shape index (κ3) is 3.63. The Balaban J connectivity index is 1.66. The van der Waals surface area contributed by atoms with E-state index < -0.39 is 0 Å². The van der Waals surface area contributed by atoms with Crippen molar-refractivity contribution in [3.8, 4) is 11.4 Å². The van der Waals surface area contributed by atoms with E-state index in [0.29, 0.717) is 11.6 Å². The first kappa shape index (κ1) is 13.7. The summed E-state index contributed by atoms with van der Waals surface area (Å²) in [5.41, 5.74) is 1.84. The van der Waals surface area contributed by atoms with Crippen LogP contribution in [0.25, 0.3) is 11.4 Å². The van der Waals surface area contributed by atoms with Gasteiger partial charge in [0, 0.05) is 5.56 Å². The van der Waals surface area contributed by atoms with Crippen molar-refractivity contribution < 1.29 is 0 Å². The molecule has 1 heterocycles. The molecule has 0 amide bonds. The first-order valence-electron chi connectivity index (χ1n) is 6.66. The summed E-state index contributed by atoms with van der Waals surface area (Å²) in [6.07, 6.45) is 3.06. The summed E-state index contributed by atoms with van der Waals surface area (Å²) < 4.78 is 0. The van der Waals surface area contributed by atoms with Crippen LogP contribution in [0.1, 0.15) is 11.4 Å². The maximum atomic E-state index is 4.02. The van der Waals surface area contributed by atoms with Gasteiger partial charge in [-0.1, -0.05) is 60.7 Å².